The van der Waals surface area contributed by atoms with Gasteiger partial charge in [-0.25, -0.2) is 14.6 Å². The van der Waals surface area contributed by atoms with Crippen molar-refractivity contribution in [1.29, 1.82) is 0 Å². The summed E-state index contributed by atoms with van der Waals surface area (Å²) in [5.41, 5.74) is 2.03. The van der Waals surface area contributed by atoms with Crippen LogP contribution < -0.4 is 21.4 Å². The summed E-state index contributed by atoms with van der Waals surface area (Å²) in [4.78, 5) is 65.2. The standard InChI is InChI=1S/C35H57N5O8/c1-8-15-29(41)48-35(25(4)5,38-34(45)47-7)32(43)36-28(21-20-26-16-11-9-12-17-26)23-40(22-27-18-13-10-14-19-27)39-31(42)30(24(2)3)37-33(44)46-6/h9,11-12,16-17,24-25,27-28,30H,8,10,13-15,18-23H2,1-7H3,(H,36,43)(H,37,44)(H,38,45)(H,39,42)/t28-,30-,35+/m0/s1. The second-order valence-corrected chi connectivity index (χ2v) is 13.2. The number of carbonyl (C=O) groups is 5. The average molecular weight is 676 g/mol. The van der Waals surface area contributed by atoms with E-state index in [4.69, 9.17) is 14.2 Å². The lowest BCUT2D eigenvalue weighted by Crippen LogP contribution is -2.66. The minimum Gasteiger partial charge on any atom is -0.453 e. The molecule has 48 heavy (non-hydrogen) atoms. The Morgan fingerprint density at radius 2 is 1.56 bits per heavy atom. The highest BCUT2D eigenvalue weighted by Gasteiger charge is 2.48. The fourth-order valence-electron chi connectivity index (χ4n) is 5.84. The lowest BCUT2D eigenvalue weighted by atomic mass is 9.89. The molecule has 1 aliphatic rings. The van der Waals surface area contributed by atoms with Crippen molar-refractivity contribution in [3.63, 3.8) is 0 Å². The summed E-state index contributed by atoms with van der Waals surface area (Å²) in [7, 11) is 2.41. The van der Waals surface area contributed by atoms with Crippen LogP contribution in [0.1, 0.15) is 91.5 Å². The maximum atomic E-state index is 14.2. The first-order valence-electron chi connectivity index (χ1n) is 17.2. The predicted octanol–water partition coefficient (Wildman–Crippen LogP) is 4.45. The quantitative estimate of drug-likeness (QED) is 0.0762. The molecule has 0 aromatic heterocycles. The SMILES string of the molecule is CCCC(=O)O[C@@](NC(=O)OC)(C(=O)N[C@@H](CCc1ccccc1)CN(CC1CCCCC1)NC(=O)[C@@H](NC(=O)OC)C(C)C)C(C)C. The Morgan fingerprint density at radius 1 is 0.917 bits per heavy atom. The first-order chi connectivity index (χ1) is 22.8. The Hall–Kier alpha value is -3.87. The fourth-order valence-corrected chi connectivity index (χ4v) is 5.84. The summed E-state index contributed by atoms with van der Waals surface area (Å²) in [6.07, 6.45) is 5.35. The van der Waals surface area contributed by atoms with Gasteiger partial charge in [-0.1, -0.05) is 84.2 Å². The van der Waals surface area contributed by atoms with Gasteiger partial charge in [-0.05, 0) is 49.5 Å². The van der Waals surface area contributed by atoms with E-state index < -0.39 is 53.7 Å². The van der Waals surface area contributed by atoms with Gasteiger partial charge in [-0.15, -0.1) is 0 Å². The molecule has 4 amide bonds. The zero-order valence-electron chi connectivity index (χ0n) is 29.8. The van der Waals surface area contributed by atoms with Crippen LogP contribution in [0, 0.1) is 17.8 Å². The highest BCUT2D eigenvalue weighted by Crippen LogP contribution is 2.25. The maximum Gasteiger partial charge on any atom is 0.410 e. The first kappa shape index (κ1) is 40.3. The molecule has 3 atom stereocenters. The molecule has 270 valence electrons. The molecule has 0 spiro atoms. The molecule has 13 heteroatoms. The predicted molar refractivity (Wildman–Crippen MR) is 181 cm³/mol. The van der Waals surface area contributed by atoms with Crippen LogP contribution in [0.15, 0.2) is 30.3 Å². The van der Waals surface area contributed by atoms with E-state index in [2.05, 4.69) is 21.4 Å². The number of methoxy groups -OCH3 is 2. The van der Waals surface area contributed by atoms with E-state index in [1.54, 1.807) is 13.8 Å². The normalized spacial score (nSPS) is 16.0. The molecule has 1 fully saturated rings. The van der Waals surface area contributed by atoms with Crippen molar-refractivity contribution in [2.24, 2.45) is 17.8 Å². The number of aryl methyl sites for hydroxylation is 1. The number of benzene rings is 1. The number of nitrogens with zero attached hydrogens (tertiary/aromatic N) is 1. The molecule has 1 aromatic rings. The van der Waals surface area contributed by atoms with Crippen LogP contribution in [0.4, 0.5) is 9.59 Å². The second kappa shape index (κ2) is 20.5. The van der Waals surface area contributed by atoms with E-state index >= 15 is 0 Å². The highest BCUT2D eigenvalue weighted by atomic mass is 16.6. The van der Waals surface area contributed by atoms with E-state index in [0.29, 0.717) is 31.7 Å². The lowest BCUT2D eigenvalue weighted by molar-refractivity contribution is -0.178. The molecule has 1 saturated carbocycles. The van der Waals surface area contributed by atoms with Crippen molar-refractivity contribution < 1.29 is 38.2 Å². The number of esters is 1. The molecule has 0 radical (unpaired) electrons. The Balaban J connectivity index is 2.47. The smallest absolute Gasteiger partial charge is 0.410 e. The molecule has 0 heterocycles. The third-order valence-electron chi connectivity index (χ3n) is 8.63. The van der Waals surface area contributed by atoms with Crippen molar-refractivity contribution in [3.05, 3.63) is 35.9 Å². The molecule has 0 unspecified atom stereocenters. The molecule has 0 saturated heterocycles. The average Bonchev–Trinajstić information content (AvgIpc) is 3.06. The minimum absolute atomic E-state index is 0.0554. The van der Waals surface area contributed by atoms with Gasteiger partial charge in [-0.2, -0.15) is 0 Å². The van der Waals surface area contributed by atoms with Crippen LogP contribution in [0.3, 0.4) is 0 Å². The molecule has 13 nitrogen and oxygen atoms in total. The van der Waals surface area contributed by atoms with Gasteiger partial charge in [0.2, 0.25) is 0 Å². The summed E-state index contributed by atoms with van der Waals surface area (Å²) >= 11 is 0. The number of rotatable bonds is 18. The molecular weight excluding hydrogens is 618 g/mol. The third-order valence-corrected chi connectivity index (χ3v) is 8.63. The second-order valence-electron chi connectivity index (χ2n) is 13.2. The maximum absolute atomic E-state index is 14.2. The van der Waals surface area contributed by atoms with E-state index in [0.717, 1.165) is 31.2 Å². The molecule has 0 aliphatic heterocycles. The van der Waals surface area contributed by atoms with Gasteiger partial charge in [0.15, 0.2) is 0 Å². The van der Waals surface area contributed by atoms with Gasteiger partial charge in [0.25, 0.3) is 17.5 Å². The summed E-state index contributed by atoms with van der Waals surface area (Å²) in [5, 5.41) is 9.99. The number of alkyl carbamates (subject to hydrolysis) is 2. The highest BCUT2D eigenvalue weighted by molar-refractivity contribution is 5.91. The number of ether oxygens (including phenoxy) is 3. The van der Waals surface area contributed by atoms with Crippen molar-refractivity contribution in [1.82, 2.24) is 26.4 Å². The van der Waals surface area contributed by atoms with Crippen molar-refractivity contribution in [3.8, 4) is 0 Å². The number of carbonyl (C=O) groups excluding carboxylic acids is 5. The Bertz CT molecular complexity index is 1170. The number of hydrogen-bond acceptors (Lipinski definition) is 9. The van der Waals surface area contributed by atoms with Crippen LogP contribution >= 0.6 is 0 Å². The number of amides is 4. The van der Waals surface area contributed by atoms with Gasteiger partial charge in [-0.3, -0.25) is 25.1 Å². The van der Waals surface area contributed by atoms with Crippen molar-refractivity contribution >= 4 is 30.0 Å². The van der Waals surface area contributed by atoms with Crippen LogP contribution in [0.2, 0.25) is 0 Å². The number of hydrazine groups is 1. The van der Waals surface area contributed by atoms with Crippen LogP contribution in [0.25, 0.3) is 0 Å². The van der Waals surface area contributed by atoms with Crippen LogP contribution in [0.5, 0.6) is 0 Å². The molecule has 0 bridgehead atoms. The van der Waals surface area contributed by atoms with Gasteiger partial charge in [0.1, 0.15) is 6.04 Å². The lowest BCUT2D eigenvalue weighted by Gasteiger charge is -2.38. The summed E-state index contributed by atoms with van der Waals surface area (Å²) in [6.45, 7) is 9.55. The van der Waals surface area contributed by atoms with Gasteiger partial charge >= 0.3 is 18.2 Å². The number of nitrogens with one attached hydrogen (secondary N) is 4. The zero-order chi connectivity index (χ0) is 35.7. The fraction of sp³-hybridized carbons (Fsp3) is 0.686. The van der Waals surface area contributed by atoms with E-state index in [9.17, 15) is 24.0 Å². The minimum atomic E-state index is -2.05. The molecule has 1 aromatic carbocycles. The van der Waals surface area contributed by atoms with Gasteiger partial charge in [0, 0.05) is 31.5 Å². The van der Waals surface area contributed by atoms with Gasteiger partial charge in [0.05, 0.1) is 14.2 Å². The molecule has 4 N–H and O–H groups in total. The molecule has 1 aliphatic carbocycles. The van der Waals surface area contributed by atoms with Crippen LogP contribution in [-0.2, 0) is 35.0 Å². The van der Waals surface area contributed by atoms with E-state index in [1.165, 1.54) is 20.6 Å². The summed E-state index contributed by atoms with van der Waals surface area (Å²) in [6, 6.07) is 8.38. The molecular formula is C35H57N5O8. The first-order valence-corrected chi connectivity index (χ1v) is 17.2. The van der Waals surface area contributed by atoms with Crippen molar-refractivity contribution in [2.75, 3.05) is 27.3 Å². The summed E-state index contributed by atoms with van der Waals surface area (Å²) in [5.74, 6) is -2.33. The van der Waals surface area contributed by atoms with Crippen LogP contribution in [-0.4, -0.2) is 80.1 Å². The monoisotopic (exact) mass is 675 g/mol. The largest absolute Gasteiger partial charge is 0.453 e. The topological polar surface area (TPSA) is 164 Å². The van der Waals surface area contributed by atoms with Crippen molar-refractivity contribution in [2.45, 2.75) is 110 Å². The zero-order valence-corrected chi connectivity index (χ0v) is 29.8. The Kier molecular flexibility index (Phi) is 17.2. The summed E-state index contributed by atoms with van der Waals surface area (Å²) < 4.78 is 15.3. The Morgan fingerprint density at radius 3 is 2.12 bits per heavy atom. The third kappa shape index (κ3) is 13.0. The van der Waals surface area contributed by atoms with E-state index in [-0.39, 0.29) is 18.9 Å². The van der Waals surface area contributed by atoms with Gasteiger partial charge < -0.3 is 24.8 Å². The van der Waals surface area contributed by atoms with E-state index in [1.807, 2.05) is 56.1 Å². The molecule has 2 rings (SSSR count). The number of hydrogen-bond donors (Lipinski definition) is 4. The Labute approximate surface area is 285 Å².